The molecule has 9 heteroatoms. The minimum Gasteiger partial charge on any atom is -0.488 e. The summed E-state index contributed by atoms with van der Waals surface area (Å²) in [5, 5.41) is 0. The third kappa shape index (κ3) is 5.60. The molecule has 0 amide bonds. The highest BCUT2D eigenvalue weighted by atomic mass is 127. The van der Waals surface area contributed by atoms with Crippen LogP contribution in [0.25, 0.3) is 6.08 Å². The van der Waals surface area contributed by atoms with Crippen molar-refractivity contribution in [3.63, 3.8) is 0 Å². The summed E-state index contributed by atoms with van der Waals surface area (Å²) in [6, 6.07) is 20.7. The molecule has 3 aromatic carbocycles. The second-order valence-electron chi connectivity index (χ2n) is 8.80. The first-order valence-electron chi connectivity index (χ1n) is 12.2. The van der Waals surface area contributed by atoms with Crippen LogP contribution in [0.4, 0.5) is 4.39 Å². The number of carbonyl (C=O) groups is 1. The van der Waals surface area contributed by atoms with Gasteiger partial charge in [0.2, 0.25) is 0 Å². The summed E-state index contributed by atoms with van der Waals surface area (Å²) < 4.78 is 27.1. The minimum atomic E-state index is -0.630. The lowest BCUT2D eigenvalue weighted by Crippen LogP contribution is -2.40. The van der Waals surface area contributed by atoms with Crippen molar-refractivity contribution in [1.82, 2.24) is 4.57 Å². The first-order chi connectivity index (χ1) is 18.9. The van der Waals surface area contributed by atoms with Gasteiger partial charge in [0, 0.05) is 0 Å². The van der Waals surface area contributed by atoms with Gasteiger partial charge in [0.25, 0.3) is 5.56 Å². The first-order valence-corrected chi connectivity index (χ1v) is 14.1. The quantitative estimate of drug-likeness (QED) is 0.205. The molecule has 1 aliphatic heterocycles. The van der Waals surface area contributed by atoms with Crippen molar-refractivity contribution in [2.75, 3.05) is 7.11 Å². The molecule has 2 heterocycles. The van der Waals surface area contributed by atoms with Crippen LogP contribution in [0.5, 0.6) is 5.75 Å². The Morgan fingerprint density at radius 3 is 2.54 bits per heavy atom. The van der Waals surface area contributed by atoms with Gasteiger partial charge in [0.15, 0.2) is 4.80 Å². The average Bonchev–Trinajstić information content (AvgIpc) is 3.26. The van der Waals surface area contributed by atoms with E-state index in [9.17, 15) is 14.0 Å². The van der Waals surface area contributed by atoms with E-state index in [1.807, 2.05) is 61.5 Å². The van der Waals surface area contributed by atoms with E-state index in [4.69, 9.17) is 14.5 Å². The Morgan fingerprint density at radius 2 is 1.87 bits per heavy atom. The van der Waals surface area contributed by atoms with Gasteiger partial charge in [-0.2, -0.15) is 0 Å². The topological polar surface area (TPSA) is 69.9 Å². The van der Waals surface area contributed by atoms with Crippen LogP contribution < -0.4 is 19.6 Å². The number of ether oxygens (including phenoxy) is 2. The van der Waals surface area contributed by atoms with Crippen LogP contribution >= 0.6 is 33.9 Å². The van der Waals surface area contributed by atoms with Gasteiger partial charge in [-0.3, -0.25) is 9.36 Å². The summed E-state index contributed by atoms with van der Waals surface area (Å²) in [6.45, 7) is 2.25. The van der Waals surface area contributed by atoms with Crippen molar-refractivity contribution in [1.29, 1.82) is 0 Å². The number of hydrogen-bond acceptors (Lipinski definition) is 6. The maximum atomic E-state index is 13.7. The molecule has 1 aromatic heterocycles. The Balaban J connectivity index is 1.53. The third-order valence-corrected chi connectivity index (χ3v) is 8.15. The Labute approximate surface area is 241 Å². The predicted molar refractivity (Wildman–Crippen MR) is 157 cm³/mol. The molecule has 0 saturated heterocycles. The van der Waals surface area contributed by atoms with Gasteiger partial charge in [-0.05, 0) is 76.0 Å². The number of hydrogen-bond donors (Lipinski definition) is 0. The Bertz CT molecular complexity index is 1740. The maximum Gasteiger partial charge on any atom is 0.338 e. The number of fused-ring (bicyclic) bond motifs is 1. The van der Waals surface area contributed by atoms with Crippen molar-refractivity contribution >= 4 is 46.0 Å². The van der Waals surface area contributed by atoms with E-state index in [0.717, 1.165) is 20.3 Å². The van der Waals surface area contributed by atoms with Crippen molar-refractivity contribution in [3.05, 3.63) is 130 Å². The molecule has 0 bridgehead atoms. The zero-order valence-electron chi connectivity index (χ0n) is 21.2. The van der Waals surface area contributed by atoms with E-state index < -0.39 is 12.0 Å². The van der Waals surface area contributed by atoms with Crippen LogP contribution in [0.1, 0.15) is 36.1 Å². The molecule has 0 aliphatic carbocycles. The largest absolute Gasteiger partial charge is 0.488 e. The Morgan fingerprint density at radius 1 is 1.13 bits per heavy atom. The fourth-order valence-electron chi connectivity index (χ4n) is 4.43. The SMILES string of the molecule is CCC1=C(C(=O)OC)[C@@H](c2ccccc2)n2c(s/c(=C\c3ccc(OCc4ccc(F)cc4)c(I)c3)c2=O)=N1. The summed E-state index contributed by atoms with van der Waals surface area (Å²) in [5.41, 5.74) is 3.27. The lowest BCUT2D eigenvalue weighted by atomic mass is 9.95. The van der Waals surface area contributed by atoms with Crippen LogP contribution in [-0.2, 0) is 16.1 Å². The summed E-state index contributed by atoms with van der Waals surface area (Å²) in [6.07, 6.45) is 2.35. The molecule has 0 spiro atoms. The summed E-state index contributed by atoms with van der Waals surface area (Å²) in [5.74, 6) is -0.0899. The Hall–Kier alpha value is -3.57. The van der Waals surface area contributed by atoms with E-state index in [1.54, 1.807) is 16.7 Å². The highest BCUT2D eigenvalue weighted by Crippen LogP contribution is 2.31. The molecular weight excluding hydrogens is 630 g/mol. The number of nitrogens with zero attached hydrogens (tertiary/aromatic N) is 2. The number of esters is 1. The van der Waals surface area contributed by atoms with Crippen molar-refractivity contribution in [2.45, 2.75) is 26.0 Å². The molecule has 5 rings (SSSR count). The number of halogens is 2. The van der Waals surface area contributed by atoms with Crippen LogP contribution in [-0.4, -0.2) is 17.6 Å². The highest BCUT2D eigenvalue weighted by Gasteiger charge is 2.33. The van der Waals surface area contributed by atoms with Crippen LogP contribution in [0.15, 0.2) is 93.9 Å². The molecule has 198 valence electrons. The summed E-state index contributed by atoms with van der Waals surface area (Å²) in [7, 11) is 1.34. The lowest BCUT2D eigenvalue weighted by Gasteiger charge is -2.25. The van der Waals surface area contributed by atoms with E-state index in [-0.39, 0.29) is 11.4 Å². The van der Waals surface area contributed by atoms with Crippen molar-refractivity contribution < 1.29 is 18.7 Å². The predicted octanol–water partition coefficient (Wildman–Crippen LogP) is 5.12. The Kier molecular flexibility index (Phi) is 8.08. The van der Waals surface area contributed by atoms with Gasteiger partial charge in [-0.1, -0.05) is 66.8 Å². The van der Waals surface area contributed by atoms with Gasteiger partial charge in [0.1, 0.15) is 18.2 Å². The van der Waals surface area contributed by atoms with Gasteiger partial charge in [-0.15, -0.1) is 0 Å². The lowest BCUT2D eigenvalue weighted by molar-refractivity contribution is -0.136. The number of aromatic nitrogens is 1. The molecule has 1 aliphatic rings. The molecule has 1 atom stereocenters. The fraction of sp³-hybridized carbons (Fsp3) is 0.167. The third-order valence-electron chi connectivity index (χ3n) is 6.33. The molecule has 6 nitrogen and oxygen atoms in total. The van der Waals surface area contributed by atoms with E-state index in [2.05, 4.69) is 22.6 Å². The van der Waals surface area contributed by atoms with Crippen molar-refractivity contribution in [3.8, 4) is 5.75 Å². The fourth-order valence-corrected chi connectivity index (χ4v) is 6.15. The molecule has 0 saturated carbocycles. The second-order valence-corrected chi connectivity index (χ2v) is 11.0. The van der Waals surface area contributed by atoms with Gasteiger partial charge >= 0.3 is 5.97 Å². The van der Waals surface area contributed by atoms with Gasteiger partial charge in [-0.25, -0.2) is 14.2 Å². The number of methoxy groups -OCH3 is 1. The van der Waals surface area contributed by atoms with Gasteiger partial charge in [0.05, 0.1) is 32.5 Å². The second kappa shape index (κ2) is 11.7. The highest BCUT2D eigenvalue weighted by molar-refractivity contribution is 14.1. The summed E-state index contributed by atoms with van der Waals surface area (Å²) >= 11 is 3.49. The summed E-state index contributed by atoms with van der Waals surface area (Å²) in [4.78, 5) is 31.9. The van der Waals surface area contributed by atoms with Crippen LogP contribution in [0, 0.1) is 9.39 Å². The molecule has 4 aromatic rings. The first kappa shape index (κ1) is 27.0. The molecule has 39 heavy (non-hydrogen) atoms. The zero-order chi connectivity index (χ0) is 27.5. The van der Waals surface area contributed by atoms with Crippen molar-refractivity contribution in [2.24, 2.45) is 4.99 Å². The molecule has 0 fully saturated rings. The van der Waals surface area contributed by atoms with Crippen LogP contribution in [0.3, 0.4) is 0 Å². The van der Waals surface area contributed by atoms with E-state index >= 15 is 0 Å². The van der Waals surface area contributed by atoms with E-state index in [1.165, 1.54) is 30.6 Å². The molecular formula is C30H24FIN2O4S. The average molecular weight is 655 g/mol. The minimum absolute atomic E-state index is 0.226. The standard InChI is InChI=1S/C30H24FIN2O4S/c1-3-23-26(29(36)37-2)27(20-7-5-4-6-8-20)34-28(35)25(39-30(34)33-23)16-19-11-14-24(22(32)15-19)38-17-18-9-12-21(31)13-10-18/h4-16,27H,3,17H2,1-2H3/b25-16-/t27-/m1/s1. The van der Waals surface area contributed by atoms with Crippen LogP contribution in [0.2, 0.25) is 0 Å². The number of rotatable bonds is 7. The number of thiazole rings is 1. The monoisotopic (exact) mass is 654 g/mol. The molecule has 0 N–H and O–H groups in total. The molecule has 0 radical (unpaired) electrons. The van der Waals surface area contributed by atoms with E-state index in [0.29, 0.717) is 39.4 Å². The smallest absolute Gasteiger partial charge is 0.338 e. The maximum absolute atomic E-state index is 13.7. The number of carbonyl (C=O) groups excluding carboxylic acids is 1. The number of allylic oxidation sites excluding steroid dienone is 1. The van der Waals surface area contributed by atoms with Gasteiger partial charge < -0.3 is 9.47 Å². The zero-order valence-corrected chi connectivity index (χ0v) is 24.2. The number of benzene rings is 3. The normalized spacial score (nSPS) is 15.1. The molecule has 0 unspecified atom stereocenters.